The van der Waals surface area contributed by atoms with E-state index in [4.69, 9.17) is 5.11 Å². The molecule has 1 fully saturated rings. The van der Waals surface area contributed by atoms with Crippen LogP contribution in [0, 0.1) is 11.8 Å². The summed E-state index contributed by atoms with van der Waals surface area (Å²) in [5.41, 5.74) is 0.807. The fourth-order valence-electron chi connectivity index (χ4n) is 2.85. The molecule has 1 aliphatic rings. The molecule has 19 heavy (non-hydrogen) atoms. The zero-order chi connectivity index (χ0) is 13.7. The number of aliphatic hydroxyl groups excluding tert-OH is 1. The van der Waals surface area contributed by atoms with Gasteiger partial charge in [-0.1, -0.05) is 37.3 Å². The van der Waals surface area contributed by atoms with Crippen LogP contribution in [-0.4, -0.2) is 42.0 Å². The first kappa shape index (κ1) is 14.2. The molecule has 1 saturated heterocycles. The number of hydrogen-bond acceptors (Lipinski definition) is 3. The molecular weight excluding hydrogens is 238 g/mol. The van der Waals surface area contributed by atoms with E-state index in [9.17, 15) is 4.79 Å². The number of hydrogen-bond donors (Lipinski definition) is 1. The number of rotatable bonds is 6. The summed E-state index contributed by atoms with van der Waals surface area (Å²) in [6.07, 6.45) is 2.03. The summed E-state index contributed by atoms with van der Waals surface area (Å²) < 4.78 is 0. The molecule has 1 aliphatic heterocycles. The van der Waals surface area contributed by atoms with Crippen LogP contribution < -0.4 is 0 Å². The van der Waals surface area contributed by atoms with Gasteiger partial charge in [-0.05, 0) is 25.3 Å². The molecule has 0 aromatic heterocycles. The molecule has 1 aromatic rings. The molecule has 1 N–H and O–H groups in total. The van der Waals surface area contributed by atoms with Crippen molar-refractivity contribution in [2.24, 2.45) is 11.8 Å². The lowest BCUT2D eigenvalue weighted by Crippen LogP contribution is -2.30. The van der Waals surface area contributed by atoms with Crippen molar-refractivity contribution in [3.63, 3.8) is 0 Å². The molecule has 0 bridgehead atoms. The van der Waals surface area contributed by atoms with E-state index >= 15 is 0 Å². The van der Waals surface area contributed by atoms with E-state index in [1.807, 2.05) is 37.3 Å². The van der Waals surface area contributed by atoms with Crippen molar-refractivity contribution in [2.45, 2.75) is 19.8 Å². The SMILES string of the molecule is CC(CN1CCC(CCO)C1)C(=O)c1ccccc1. The summed E-state index contributed by atoms with van der Waals surface area (Å²) in [6, 6.07) is 9.52. The van der Waals surface area contributed by atoms with Gasteiger partial charge in [0.1, 0.15) is 0 Å². The normalized spacial score (nSPS) is 21.5. The van der Waals surface area contributed by atoms with Gasteiger partial charge in [-0.25, -0.2) is 0 Å². The van der Waals surface area contributed by atoms with Crippen LogP contribution in [0.4, 0.5) is 0 Å². The molecule has 1 aromatic carbocycles. The van der Waals surface area contributed by atoms with Crippen molar-refractivity contribution in [3.05, 3.63) is 35.9 Å². The fourth-order valence-corrected chi connectivity index (χ4v) is 2.85. The molecule has 3 heteroatoms. The quantitative estimate of drug-likeness (QED) is 0.798. The highest BCUT2D eigenvalue weighted by atomic mass is 16.3. The smallest absolute Gasteiger partial charge is 0.166 e. The number of likely N-dealkylation sites (tertiary alicyclic amines) is 1. The lowest BCUT2D eigenvalue weighted by molar-refractivity contribution is 0.0901. The standard InChI is InChI=1S/C16H23NO2/c1-13(16(19)15-5-3-2-4-6-15)11-17-9-7-14(12-17)8-10-18/h2-6,13-14,18H,7-12H2,1H3. The highest BCUT2D eigenvalue weighted by Gasteiger charge is 2.25. The number of benzene rings is 1. The van der Waals surface area contributed by atoms with Crippen molar-refractivity contribution >= 4 is 5.78 Å². The Hall–Kier alpha value is -1.19. The average Bonchev–Trinajstić information content (AvgIpc) is 2.86. The monoisotopic (exact) mass is 261 g/mol. The molecule has 2 unspecified atom stereocenters. The van der Waals surface area contributed by atoms with Crippen molar-refractivity contribution in [1.29, 1.82) is 0 Å². The third-order valence-corrected chi connectivity index (χ3v) is 3.95. The fraction of sp³-hybridized carbons (Fsp3) is 0.562. The van der Waals surface area contributed by atoms with Gasteiger partial charge in [0.2, 0.25) is 0 Å². The summed E-state index contributed by atoms with van der Waals surface area (Å²) >= 11 is 0. The highest BCUT2D eigenvalue weighted by Crippen LogP contribution is 2.21. The van der Waals surface area contributed by atoms with Crippen molar-refractivity contribution in [3.8, 4) is 0 Å². The number of carbonyl (C=O) groups excluding carboxylic acids is 1. The maximum atomic E-state index is 12.3. The Kier molecular flexibility index (Phi) is 5.11. The van der Waals surface area contributed by atoms with Gasteiger partial charge in [0, 0.05) is 31.2 Å². The zero-order valence-electron chi connectivity index (χ0n) is 11.6. The van der Waals surface area contributed by atoms with Gasteiger partial charge in [0.05, 0.1) is 0 Å². The molecule has 2 rings (SSSR count). The lowest BCUT2D eigenvalue weighted by atomic mass is 9.99. The van der Waals surface area contributed by atoms with E-state index in [1.54, 1.807) is 0 Å². The summed E-state index contributed by atoms with van der Waals surface area (Å²) in [5, 5.41) is 8.96. The summed E-state index contributed by atoms with van der Waals surface area (Å²) in [5.74, 6) is 0.866. The largest absolute Gasteiger partial charge is 0.396 e. The van der Waals surface area contributed by atoms with Crippen LogP contribution >= 0.6 is 0 Å². The molecule has 1 heterocycles. The van der Waals surface area contributed by atoms with Gasteiger partial charge in [-0.2, -0.15) is 0 Å². The van der Waals surface area contributed by atoms with Crippen molar-refractivity contribution < 1.29 is 9.90 Å². The Balaban J connectivity index is 1.85. The summed E-state index contributed by atoms with van der Waals surface area (Å²) in [7, 11) is 0. The van der Waals surface area contributed by atoms with Crippen LogP contribution in [0.3, 0.4) is 0 Å². The second-order valence-corrected chi connectivity index (χ2v) is 5.56. The Morgan fingerprint density at radius 3 is 2.84 bits per heavy atom. The van der Waals surface area contributed by atoms with Crippen LogP contribution in [0.2, 0.25) is 0 Å². The van der Waals surface area contributed by atoms with E-state index in [0.29, 0.717) is 5.92 Å². The predicted octanol–water partition coefficient (Wildman–Crippen LogP) is 2.21. The summed E-state index contributed by atoms with van der Waals surface area (Å²) in [6.45, 7) is 5.19. The van der Waals surface area contributed by atoms with Gasteiger partial charge in [-0.3, -0.25) is 4.79 Å². The number of Topliss-reactive ketones (excluding diaryl/α,β-unsaturated/α-hetero) is 1. The van der Waals surface area contributed by atoms with Crippen molar-refractivity contribution in [2.75, 3.05) is 26.2 Å². The molecule has 104 valence electrons. The van der Waals surface area contributed by atoms with Crippen molar-refractivity contribution in [1.82, 2.24) is 4.90 Å². The molecule has 0 aliphatic carbocycles. The molecule has 0 amide bonds. The lowest BCUT2D eigenvalue weighted by Gasteiger charge is -2.20. The van der Waals surface area contributed by atoms with E-state index in [0.717, 1.165) is 38.0 Å². The third kappa shape index (κ3) is 3.88. The van der Waals surface area contributed by atoms with Crippen LogP contribution in [-0.2, 0) is 0 Å². The molecule has 0 radical (unpaired) electrons. The number of nitrogens with zero attached hydrogens (tertiary/aromatic N) is 1. The van der Waals surface area contributed by atoms with E-state index in [1.165, 1.54) is 0 Å². The van der Waals surface area contributed by atoms with Gasteiger partial charge >= 0.3 is 0 Å². The first-order chi connectivity index (χ1) is 9.20. The first-order valence-electron chi connectivity index (χ1n) is 7.13. The molecule has 2 atom stereocenters. The predicted molar refractivity (Wildman–Crippen MR) is 76.2 cm³/mol. The topological polar surface area (TPSA) is 40.5 Å². The highest BCUT2D eigenvalue weighted by molar-refractivity contribution is 5.97. The average molecular weight is 261 g/mol. The molecule has 0 spiro atoms. The van der Waals surface area contributed by atoms with Crippen LogP contribution in [0.25, 0.3) is 0 Å². The minimum Gasteiger partial charge on any atom is -0.396 e. The minimum absolute atomic E-state index is 0.0373. The van der Waals surface area contributed by atoms with E-state index in [-0.39, 0.29) is 18.3 Å². The van der Waals surface area contributed by atoms with Gasteiger partial charge < -0.3 is 10.0 Å². The number of ketones is 1. The Morgan fingerprint density at radius 2 is 2.16 bits per heavy atom. The maximum absolute atomic E-state index is 12.3. The van der Waals surface area contributed by atoms with E-state index in [2.05, 4.69) is 4.90 Å². The first-order valence-corrected chi connectivity index (χ1v) is 7.13. The van der Waals surface area contributed by atoms with Gasteiger partial charge in [0.25, 0.3) is 0 Å². The maximum Gasteiger partial charge on any atom is 0.166 e. The zero-order valence-corrected chi connectivity index (χ0v) is 11.6. The summed E-state index contributed by atoms with van der Waals surface area (Å²) in [4.78, 5) is 14.6. The van der Waals surface area contributed by atoms with Crippen LogP contribution in [0.15, 0.2) is 30.3 Å². The van der Waals surface area contributed by atoms with Gasteiger partial charge in [-0.15, -0.1) is 0 Å². The Bertz CT molecular complexity index is 404. The van der Waals surface area contributed by atoms with Gasteiger partial charge in [0.15, 0.2) is 5.78 Å². The van der Waals surface area contributed by atoms with Crippen LogP contribution in [0.5, 0.6) is 0 Å². The van der Waals surface area contributed by atoms with E-state index < -0.39 is 0 Å². The second kappa shape index (κ2) is 6.83. The molecule has 0 saturated carbocycles. The molecular formula is C16H23NO2. The third-order valence-electron chi connectivity index (χ3n) is 3.95. The number of carbonyl (C=O) groups is 1. The Morgan fingerprint density at radius 1 is 1.42 bits per heavy atom. The minimum atomic E-state index is 0.0373. The Labute approximate surface area is 115 Å². The number of aliphatic hydroxyl groups is 1. The second-order valence-electron chi connectivity index (χ2n) is 5.56. The molecule has 3 nitrogen and oxygen atoms in total. The van der Waals surface area contributed by atoms with Crippen LogP contribution in [0.1, 0.15) is 30.1 Å².